The van der Waals surface area contributed by atoms with Gasteiger partial charge in [0.2, 0.25) is 11.8 Å². The summed E-state index contributed by atoms with van der Waals surface area (Å²) < 4.78 is 0. The van der Waals surface area contributed by atoms with E-state index in [0.717, 1.165) is 12.1 Å². The highest BCUT2D eigenvalue weighted by atomic mass is 16.3. The van der Waals surface area contributed by atoms with Crippen molar-refractivity contribution in [3.05, 3.63) is 47.7 Å². The van der Waals surface area contributed by atoms with Crippen LogP contribution in [0.25, 0.3) is 0 Å². The Kier molecular flexibility index (Phi) is 6.96. The van der Waals surface area contributed by atoms with Crippen molar-refractivity contribution in [1.82, 2.24) is 15.5 Å². The predicted molar refractivity (Wildman–Crippen MR) is 109 cm³/mol. The van der Waals surface area contributed by atoms with Crippen molar-refractivity contribution >= 4 is 17.6 Å². The second-order valence-corrected chi connectivity index (χ2v) is 8.12. The molecular formula is C21H30N4O3. The second kappa shape index (κ2) is 9.01. The first-order chi connectivity index (χ1) is 13.1. The van der Waals surface area contributed by atoms with Gasteiger partial charge in [-0.2, -0.15) is 5.10 Å². The first-order valence-electron chi connectivity index (χ1n) is 9.49. The Morgan fingerprint density at radius 1 is 1.14 bits per heavy atom. The van der Waals surface area contributed by atoms with E-state index in [1.54, 1.807) is 26.8 Å². The van der Waals surface area contributed by atoms with Gasteiger partial charge in [-0.15, -0.1) is 0 Å². The largest absolute Gasteiger partial charge is 0.383 e. The lowest BCUT2D eigenvalue weighted by atomic mass is 9.83. The number of H-pyrrole nitrogens is 1. The van der Waals surface area contributed by atoms with Crippen molar-refractivity contribution in [3.63, 3.8) is 0 Å². The molecule has 0 aliphatic carbocycles. The number of amides is 2. The van der Waals surface area contributed by atoms with Crippen molar-refractivity contribution < 1.29 is 14.7 Å². The molecule has 2 rings (SSSR count). The normalized spacial score (nSPS) is 13.8. The van der Waals surface area contributed by atoms with Crippen LogP contribution in [0.2, 0.25) is 0 Å². The summed E-state index contributed by atoms with van der Waals surface area (Å²) in [6.07, 6.45) is -0.334. The molecule has 7 heteroatoms. The third-order valence-electron chi connectivity index (χ3n) is 4.67. The van der Waals surface area contributed by atoms with Crippen molar-refractivity contribution in [1.29, 1.82) is 0 Å². The van der Waals surface area contributed by atoms with Crippen LogP contribution in [-0.4, -0.2) is 39.3 Å². The third kappa shape index (κ3) is 5.66. The van der Waals surface area contributed by atoms with Gasteiger partial charge < -0.3 is 15.7 Å². The Bertz CT molecular complexity index is 799. The van der Waals surface area contributed by atoms with Crippen LogP contribution in [0.1, 0.15) is 45.9 Å². The summed E-state index contributed by atoms with van der Waals surface area (Å²) >= 11 is 0. The van der Waals surface area contributed by atoms with Crippen LogP contribution >= 0.6 is 0 Å². The maximum absolute atomic E-state index is 12.3. The highest BCUT2D eigenvalue weighted by Crippen LogP contribution is 2.27. The van der Waals surface area contributed by atoms with E-state index in [9.17, 15) is 14.7 Å². The minimum absolute atomic E-state index is 0.220. The van der Waals surface area contributed by atoms with E-state index in [1.165, 1.54) is 5.56 Å². The molecular weight excluding hydrogens is 356 g/mol. The average Bonchev–Trinajstić information content (AvgIpc) is 3.10. The first-order valence-corrected chi connectivity index (χ1v) is 9.49. The molecule has 0 fully saturated rings. The Morgan fingerprint density at radius 3 is 2.39 bits per heavy atom. The molecule has 1 aromatic heterocycles. The number of aromatic nitrogens is 2. The summed E-state index contributed by atoms with van der Waals surface area (Å²) in [4.78, 5) is 24.2. The number of carbonyl (C=O) groups excluding carboxylic acids is 2. The van der Waals surface area contributed by atoms with Gasteiger partial charge in [0.05, 0.1) is 5.69 Å². The summed E-state index contributed by atoms with van der Waals surface area (Å²) in [6.45, 7) is 9.23. The lowest BCUT2D eigenvalue weighted by Crippen LogP contribution is -2.47. The van der Waals surface area contributed by atoms with Gasteiger partial charge in [0.25, 0.3) is 0 Å². The van der Waals surface area contributed by atoms with Crippen molar-refractivity contribution in [2.45, 2.75) is 58.6 Å². The number of nitrogens with one attached hydrogen (secondary N) is 3. The Balaban J connectivity index is 1.97. The molecule has 0 radical (unpaired) electrons. The zero-order valence-corrected chi connectivity index (χ0v) is 17.1. The maximum Gasteiger partial charge on any atom is 0.249 e. The number of hydrogen-bond acceptors (Lipinski definition) is 4. The van der Waals surface area contributed by atoms with Crippen molar-refractivity contribution in [3.8, 4) is 0 Å². The molecule has 0 aliphatic rings. The van der Waals surface area contributed by atoms with E-state index in [1.807, 2.05) is 18.2 Å². The van der Waals surface area contributed by atoms with Gasteiger partial charge in [0, 0.05) is 11.5 Å². The fraction of sp³-hybridized carbons (Fsp3) is 0.476. The lowest BCUT2D eigenvalue weighted by molar-refractivity contribution is -0.134. The third-order valence-corrected chi connectivity index (χ3v) is 4.67. The summed E-state index contributed by atoms with van der Waals surface area (Å²) in [5.41, 5.74) is 1.82. The van der Waals surface area contributed by atoms with Gasteiger partial charge in [-0.25, -0.2) is 0 Å². The van der Waals surface area contributed by atoms with Crippen molar-refractivity contribution in [2.24, 2.45) is 5.92 Å². The number of carbonyl (C=O) groups is 2. The average molecular weight is 386 g/mol. The quantitative estimate of drug-likeness (QED) is 0.559. The highest BCUT2D eigenvalue weighted by molar-refractivity contribution is 5.96. The molecule has 7 nitrogen and oxygen atoms in total. The zero-order valence-electron chi connectivity index (χ0n) is 17.1. The molecule has 0 saturated carbocycles. The molecule has 1 aromatic carbocycles. The summed E-state index contributed by atoms with van der Waals surface area (Å²) in [7, 11) is 0. The van der Waals surface area contributed by atoms with Crippen LogP contribution in [0.15, 0.2) is 36.4 Å². The fourth-order valence-corrected chi connectivity index (χ4v) is 2.84. The van der Waals surface area contributed by atoms with Gasteiger partial charge in [-0.05, 0) is 24.8 Å². The number of benzene rings is 1. The molecule has 0 spiro atoms. The van der Waals surface area contributed by atoms with Crippen LogP contribution in [-0.2, 0) is 21.4 Å². The van der Waals surface area contributed by atoms with E-state index < -0.39 is 18.1 Å². The van der Waals surface area contributed by atoms with Crippen LogP contribution in [0.5, 0.6) is 0 Å². The number of aromatic amines is 1. The number of hydrogen-bond donors (Lipinski definition) is 4. The first kappa shape index (κ1) is 21.6. The second-order valence-electron chi connectivity index (χ2n) is 8.12. The molecule has 0 aliphatic heterocycles. The van der Waals surface area contributed by atoms with Gasteiger partial charge in [-0.3, -0.25) is 14.7 Å². The van der Waals surface area contributed by atoms with Gasteiger partial charge in [0.15, 0.2) is 0 Å². The number of aliphatic hydroxyl groups is 1. The number of aliphatic hydroxyl groups excluding tert-OH is 1. The van der Waals surface area contributed by atoms with Crippen LogP contribution in [0, 0.1) is 5.92 Å². The van der Waals surface area contributed by atoms with Crippen molar-refractivity contribution in [2.75, 3.05) is 5.32 Å². The van der Waals surface area contributed by atoms with E-state index in [0.29, 0.717) is 5.82 Å². The molecule has 2 atom stereocenters. The number of nitrogens with zero attached hydrogens (tertiary/aromatic N) is 1. The SMILES string of the molecule is CC(NC(=O)C(O)C(C)C)C(=O)Nc1cc(C(C)(C)Cc2ccccc2)n[nH]1. The molecule has 0 bridgehead atoms. The van der Waals surface area contributed by atoms with E-state index in [4.69, 9.17) is 0 Å². The lowest BCUT2D eigenvalue weighted by Gasteiger charge is -2.22. The topological polar surface area (TPSA) is 107 Å². The van der Waals surface area contributed by atoms with Crippen LogP contribution in [0.4, 0.5) is 5.82 Å². The number of rotatable bonds is 8. The number of anilines is 1. The Morgan fingerprint density at radius 2 is 1.79 bits per heavy atom. The molecule has 28 heavy (non-hydrogen) atoms. The van der Waals surface area contributed by atoms with Gasteiger partial charge in [-0.1, -0.05) is 58.0 Å². The molecule has 4 N–H and O–H groups in total. The minimum Gasteiger partial charge on any atom is -0.383 e. The molecule has 152 valence electrons. The predicted octanol–water partition coefficient (Wildman–Crippen LogP) is 2.39. The Hall–Kier alpha value is -2.67. The molecule has 2 unspecified atom stereocenters. The zero-order chi connectivity index (χ0) is 20.9. The van der Waals surface area contributed by atoms with Gasteiger partial charge >= 0.3 is 0 Å². The molecule has 2 amide bonds. The highest BCUT2D eigenvalue weighted by Gasteiger charge is 2.26. The summed E-state index contributed by atoms with van der Waals surface area (Å²) in [5, 5.41) is 22.2. The van der Waals surface area contributed by atoms with E-state index >= 15 is 0 Å². The van der Waals surface area contributed by atoms with Crippen LogP contribution in [0.3, 0.4) is 0 Å². The molecule has 0 saturated heterocycles. The molecule has 2 aromatic rings. The summed E-state index contributed by atoms with van der Waals surface area (Å²) in [6, 6.07) is 11.2. The van der Waals surface area contributed by atoms with Crippen LogP contribution < -0.4 is 10.6 Å². The van der Waals surface area contributed by atoms with E-state index in [2.05, 4.69) is 46.8 Å². The standard InChI is InChI=1S/C21H30N4O3/c1-13(2)18(26)20(28)22-14(3)19(27)23-17-11-16(24-25-17)21(4,5)12-15-9-7-6-8-10-15/h6-11,13-14,18,26H,12H2,1-5H3,(H,22,28)(H2,23,24,25,27). The summed E-state index contributed by atoms with van der Waals surface area (Å²) in [5.74, 6) is -0.712. The fourth-order valence-electron chi connectivity index (χ4n) is 2.84. The Labute approximate surface area is 165 Å². The monoisotopic (exact) mass is 386 g/mol. The minimum atomic E-state index is -1.15. The molecule has 1 heterocycles. The van der Waals surface area contributed by atoms with Gasteiger partial charge in [0.1, 0.15) is 18.0 Å². The van der Waals surface area contributed by atoms with E-state index in [-0.39, 0.29) is 17.2 Å². The smallest absolute Gasteiger partial charge is 0.249 e. The maximum atomic E-state index is 12.3.